The number of oxazole rings is 1. The molecule has 1 saturated carbocycles. The van der Waals surface area contributed by atoms with Crippen LogP contribution in [0.4, 0.5) is 0 Å². The number of H-pyrrole nitrogens is 1. The molecule has 0 radical (unpaired) electrons. The fourth-order valence-electron chi connectivity index (χ4n) is 3.58. The van der Waals surface area contributed by atoms with Crippen LogP contribution in [0.2, 0.25) is 0 Å². The van der Waals surface area contributed by atoms with Crippen LogP contribution in [-0.2, 0) is 13.0 Å². The van der Waals surface area contributed by atoms with Gasteiger partial charge >= 0.3 is 0 Å². The van der Waals surface area contributed by atoms with E-state index < -0.39 is 0 Å². The zero-order valence-corrected chi connectivity index (χ0v) is 14.4. The van der Waals surface area contributed by atoms with Crippen LogP contribution in [-0.4, -0.2) is 32.5 Å². The van der Waals surface area contributed by atoms with Gasteiger partial charge in [0.15, 0.2) is 5.89 Å². The third-order valence-electron chi connectivity index (χ3n) is 5.36. The van der Waals surface area contributed by atoms with Crippen molar-refractivity contribution >= 4 is 5.91 Å². The molecule has 0 bridgehead atoms. The van der Waals surface area contributed by atoms with Crippen molar-refractivity contribution in [3.05, 3.63) is 59.4 Å². The van der Waals surface area contributed by atoms with Gasteiger partial charge in [-0.25, -0.2) is 4.98 Å². The molecule has 132 valence electrons. The Bertz CT molecular complexity index is 940. The zero-order valence-electron chi connectivity index (χ0n) is 14.4. The molecule has 1 aromatic carbocycles. The topological polar surface area (TPSA) is 75.0 Å². The van der Waals surface area contributed by atoms with Crippen LogP contribution >= 0.6 is 0 Å². The lowest BCUT2D eigenvalue weighted by Gasteiger charge is -2.24. The van der Waals surface area contributed by atoms with Crippen molar-refractivity contribution in [1.29, 1.82) is 0 Å². The van der Waals surface area contributed by atoms with Crippen molar-refractivity contribution in [3.8, 4) is 11.3 Å². The predicted molar refractivity (Wildman–Crippen MR) is 95.6 cm³/mol. The highest BCUT2D eigenvalue weighted by Gasteiger charge is 2.30. The third-order valence-corrected chi connectivity index (χ3v) is 5.36. The fourth-order valence-corrected chi connectivity index (χ4v) is 3.58. The third kappa shape index (κ3) is 2.62. The van der Waals surface area contributed by atoms with Gasteiger partial charge in [-0.2, -0.15) is 5.10 Å². The highest BCUT2D eigenvalue weighted by molar-refractivity contribution is 5.93. The molecule has 6 heteroatoms. The first-order valence-corrected chi connectivity index (χ1v) is 9.16. The van der Waals surface area contributed by atoms with Gasteiger partial charge in [-0.15, -0.1) is 0 Å². The standard InChI is InChI=1S/C20H20N4O2/c25-20(16-11-15(22-23-16)13-5-2-1-3-6-13)24-10-9-18-17(12-24)21-19(26-18)14-7-4-8-14/h1-3,5-6,11,14H,4,7-10,12H2,(H,22,23). The van der Waals surface area contributed by atoms with Gasteiger partial charge in [0.25, 0.3) is 5.91 Å². The average Bonchev–Trinajstić information content (AvgIpc) is 3.27. The minimum absolute atomic E-state index is 0.0430. The molecule has 1 N–H and O–H groups in total. The number of carbonyl (C=O) groups is 1. The van der Waals surface area contributed by atoms with Gasteiger partial charge in [-0.3, -0.25) is 9.89 Å². The van der Waals surface area contributed by atoms with Gasteiger partial charge < -0.3 is 9.32 Å². The first-order chi connectivity index (χ1) is 12.8. The van der Waals surface area contributed by atoms with Crippen LogP contribution < -0.4 is 0 Å². The summed E-state index contributed by atoms with van der Waals surface area (Å²) in [7, 11) is 0. The van der Waals surface area contributed by atoms with Crippen molar-refractivity contribution in [1.82, 2.24) is 20.1 Å². The Labute approximate surface area is 151 Å². The van der Waals surface area contributed by atoms with Gasteiger partial charge in [0.05, 0.1) is 12.2 Å². The lowest BCUT2D eigenvalue weighted by Crippen LogP contribution is -2.36. The number of aromatic amines is 1. The molecule has 0 atom stereocenters. The van der Waals surface area contributed by atoms with Crippen molar-refractivity contribution in [2.45, 2.75) is 38.1 Å². The van der Waals surface area contributed by atoms with Crippen LogP contribution in [0.15, 0.2) is 40.8 Å². The molecule has 1 fully saturated rings. The number of carbonyl (C=O) groups excluding carboxylic acids is 1. The molecule has 2 aromatic heterocycles. The zero-order chi connectivity index (χ0) is 17.5. The molecule has 1 aliphatic heterocycles. The molecule has 3 aromatic rings. The van der Waals surface area contributed by atoms with E-state index in [0.717, 1.165) is 35.0 Å². The van der Waals surface area contributed by atoms with Crippen LogP contribution in [0, 0.1) is 0 Å². The second kappa shape index (κ2) is 6.12. The molecule has 5 rings (SSSR count). The molecular formula is C20H20N4O2. The molecule has 26 heavy (non-hydrogen) atoms. The SMILES string of the molecule is O=C(c1cc(-c2ccccc2)n[nH]1)N1CCc2oc(C3CCC3)nc2C1. The average molecular weight is 348 g/mol. The van der Waals surface area contributed by atoms with E-state index in [1.807, 2.05) is 41.3 Å². The summed E-state index contributed by atoms with van der Waals surface area (Å²) in [5, 5.41) is 7.17. The molecule has 2 aliphatic rings. The number of hydrogen-bond donors (Lipinski definition) is 1. The van der Waals surface area contributed by atoms with Crippen LogP contribution in [0.25, 0.3) is 11.3 Å². The summed E-state index contributed by atoms with van der Waals surface area (Å²) < 4.78 is 5.94. The Morgan fingerprint density at radius 1 is 1.23 bits per heavy atom. The molecule has 3 heterocycles. The smallest absolute Gasteiger partial charge is 0.272 e. The highest BCUT2D eigenvalue weighted by Crippen LogP contribution is 2.37. The number of amides is 1. The molecule has 6 nitrogen and oxygen atoms in total. The summed E-state index contributed by atoms with van der Waals surface area (Å²) in [6, 6.07) is 11.7. The van der Waals surface area contributed by atoms with Crippen LogP contribution in [0.1, 0.15) is 53.0 Å². The molecule has 1 amide bonds. The number of benzene rings is 1. The maximum atomic E-state index is 12.9. The summed E-state index contributed by atoms with van der Waals surface area (Å²) >= 11 is 0. The van der Waals surface area contributed by atoms with Crippen molar-refractivity contribution < 1.29 is 9.21 Å². The van der Waals surface area contributed by atoms with E-state index >= 15 is 0 Å². The van der Waals surface area contributed by atoms with E-state index in [-0.39, 0.29) is 5.91 Å². The van der Waals surface area contributed by atoms with Gasteiger partial charge in [0, 0.05) is 24.4 Å². The van der Waals surface area contributed by atoms with E-state index in [9.17, 15) is 4.79 Å². The predicted octanol–water partition coefficient (Wildman–Crippen LogP) is 3.53. The minimum atomic E-state index is -0.0430. The van der Waals surface area contributed by atoms with E-state index in [1.165, 1.54) is 19.3 Å². The molecule has 0 saturated heterocycles. The van der Waals surface area contributed by atoms with Gasteiger partial charge in [-0.1, -0.05) is 36.8 Å². The van der Waals surface area contributed by atoms with E-state index in [4.69, 9.17) is 4.42 Å². The van der Waals surface area contributed by atoms with E-state index in [1.54, 1.807) is 0 Å². The van der Waals surface area contributed by atoms with E-state index in [2.05, 4.69) is 15.2 Å². The lowest BCUT2D eigenvalue weighted by molar-refractivity contribution is 0.0722. The highest BCUT2D eigenvalue weighted by atomic mass is 16.4. The Balaban J connectivity index is 1.33. The number of rotatable bonds is 3. The summed E-state index contributed by atoms with van der Waals surface area (Å²) in [4.78, 5) is 19.3. The second-order valence-electron chi connectivity index (χ2n) is 7.06. The van der Waals surface area contributed by atoms with Gasteiger partial charge in [0.1, 0.15) is 17.1 Å². The van der Waals surface area contributed by atoms with E-state index in [0.29, 0.717) is 24.7 Å². The Kier molecular flexibility index (Phi) is 3.62. The minimum Gasteiger partial charge on any atom is -0.445 e. The molecule has 1 aliphatic carbocycles. The Morgan fingerprint density at radius 3 is 2.85 bits per heavy atom. The van der Waals surface area contributed by atoms with Crippen LogP contribution in [0.5, 0.6) is 0 Å². The number of aromatic nitrogens is 3. The summed E-state index contributed by atoms with van der Waals surface area (Å²) in [6.45, 7) is 1.15. The second-order valence-corrected chi connectivity index (χ2v) is 7.06. The maximum absolute atomic E-state index is 12.9. The summed E-state index contributed by atoms with van der Waals surface area (Å²) in [6.07, 6.45) is 4.31. The number of hydrogen-bond acceptors (Lipinski definition) is 4. The molecular weight excluding hydrogens is 328 g/mol. The number of fused-ring (bicyclic) bond motifs is 1. The van der Waals surface area contributed by atoms with Gasteiger partial charge in [-0.05, 0) is 18.9 Å². The van der Waals surface area contributed by atoms with Crippen molar-refractivity contribution in [2.24, 2.45) is 0 Å². The Hall–Kier alpha value is -2.89. The molecule has 0 spiro atoms. The number of nitrogens with one attached hydrogen (secondary N) is 1. The van der Waals surface area contributed by atoms with Crippen molar-refractivity contribution in [3.63, 3.8) is 0 Å². The monoisotopic (exact) mass is 348 g/mol. The fraction of sp³-hybridized carbons (Fsp3) is 0.350. The number of nitrogens with zero attached hydrogens (tertiary/aromatic N) is 3. The summed E-state index contributed by atoms with van der Waals surface area (Å²) in [5.74, 6) is 2.25. The Morgan fingerprint density at radius 2 is 2.08 bits per heavy atom. The van der Waals surface area contributed by atoms with Crippen LogP contribution in [0.3, 0.4) is 0 Å². The normalized spacial score (nSPS) is 17.0. The maximum Gasteiger partial charge on any atom is 0.272 e. The molecule has 0 unspecified atom stereocenters. The summed E-state index contributed by atoms with van der Waals surface area (Å²) in [5.41, 5.74) is 3.19. The first kappa shape index (κ1) is 15.4. The van der Waals surface area contributed by atoms with Crippen molar-refractivity contribution in [2.75, 3.05) is 6.54 Å². The quantitative estimate of drug-likeness (QED) is 0.786. The lowest BCUT2D eigenvalue weighted by atomic mass is 9.85. The van der Waals surface area contributed by atoms with Gasteiger partial charge in [0.2, 0.25) is 0 Å². The largest absolute Gasteiger partial charge is 0.445 e. The first-order valence-electron chi connectivity index (χ1n) is 9.16.